The Morgan fingerprint density at radius 3 is 2.45 bits per heavy atom. The normalized spacial score (nSPS) is 10.2. The van der Waals surface area contributed by atoms with E-state index in [1.807, 2.05) is 19.1 Å². The summed E-state index contributed by atoms with van der Waals surface area (Å²) in [6.07, 6.45) is 0. The van der Waals surface area contributed by atoms with Gasteiger partial charge in [0.25, 0.3) is 0 Å². The fourth-order valence-corrected chi connectivity index (χ4v) is 2.12. The van der Waals surface area contributed by atoms with Gasteiger partial charge in [0, 0.05) is 11.4 Å². The van der Waals surface area contributed by atoms with Crippen molar-refractivity contribution in [2.24, 2.45) is 0 Å². The maximum absolute atomic E-state index is 13.2. The molecule has 0 radical (unpaired) electrons. The van der Waals surface area contributed by atoms with Gasteiger partial charge in [-0.25, -0.2) is 4.39 Å². The molecule has 0 aliphatic rings. The summed E-state index contributed by atoms with van der Waals surface area (Å²) in [7, 11) is 0. The Balaban J connectivity index is 2.09. The molecule has 0 bridgehead atoms. The predicted molar refractivity (Wildman–Crippen MR) is 86.9 cm³/mol. The first-order chi connectivity index (χ1) is 9.47. The minimum atomic E-state index is -0.219. The zero-order chi connectivity index (χ0) is 14.7. The fraction of sp³-hybridized carbons (Fsp3) is 0.188. The highest BCUT2D eigenvalue weighted by Gasteiger charge is 2.04. The number of aryl methyl sites for hydroxylation is 2. The van der Waals surface area contributed by atoms with Crippen LogP contribution in [0.25, 0.3) is 0 Å². The van der Waals surface area contributed by atoms with Crippen LogP contribution in [0.4, 0.5) is 15.8 Å². The van der Waals surface area contributed by atoms with Gasteiger partial charge in [0.15, 0.2) is 5.11 Å². The molecule has 2 aromatic rings. The SMILES string of the molecule is Cc1cc(NC(=S)Nc2cccc(C)c2C)ccc1F. The van der Waals surface area contributed by atoms with Crippen molar-refractivity contribution in [1.29, 1.82) is 0 Å². The van der Waals surface area contributed by atoms with E-state index < -0.39 is 0 Å². The van der Waals surface area contributed by atoms with Crippen molar-refractivity contribution in [2.75, 3.05) is 10.6 Å². The molecule has 0 amide bonds. The largest absolute Gasteiger partial charge is 0.332 e. The van der Waals surface area contributed by atoms with Crippen molar-refractivity contribution >= 4 is 28.7 Å². The van der Waals surface area contributed by atoms with Crippen LogP contribution in [-0.2, 0) is 0 Å². The summed E-state index contributed by atoms with van der Waals surface area (Å²) in [6, 6.07) is 10.8. The lowest BCUT2D eigenvalue weighted by atomic mass is 10.1. The van der Waals surface area contributed by atoms with E-state index in [4.69, 9.17) is 12.2 Å². The van der Waals surface area contributed by atoms with Crippen molar-refractivity contribution in [3.63, 3.8) is 0 Å². The highest BCUT2D eigenvalue weighted by molar-refractivity contribution is 7.80. The second-order valence-corrected chi connectivity index (χ2v) is 5.20. The highest BCUT2D eigenvalue weighted by Crippen LogP contribution is 2.19. The Kier molecular flexibility index (Phi) is 4.35. The number of rotatable bonds is 2. The van der Waals surface area contributed by atoms with Gasteiger partial charge in [-0.05, 0) is 73.9 Å². The maximum atomic E-state index is 13.2. The molecular weight excluding hydrogens is 271 g/mol. The second-order valence-electron chi connectivity index (χ2n) is 4.79. The van der Waals surface area contributed by atoms with Gasteiger partial charge in [0.05, 0.1) is 0 Å². The third kappa shape index (κ3) is 3.33. The molecule has 2 nitrogen and oxygen atoms in total. The fourth-order valence-electron chi connectivity index (χ4n) is 1.89. The zero-order valence-corrected chi connectivity index (χ0v) is 12.6. The Morgan fingerprint density at radius 2 is 1.75 bits per heavy atom. The van der Waals surface area contributed by atoms with Crippen LogP contribution in [0.2, 0.25) is 0 Å². The molecule has 0 aliphatic carbocycles. The highest BCUT2D eigenvalue weighted by atomic mass is 32.1. The van der Waals surface area contributed by atoms with Crippen LogP contribution in [-0.4, -0.2) is 5.11 Å². The zero-order valence-electron chi connectivity index (χ0n) is 11.8. The maximum Gasteiger partial charge on any atom is 0.175 e. The molecule has 20 heavy (non-hydrogen) atoms. The van der Waals surface area contributed by atoms with E-state index in [0.717, 1.165) is 16.9 Å². The van der Waals surface area contributed by atoms with Gasteiger partial charge in [-0.1, -0.05) is 12.1 Å². The minimum Gasteiger partial charge on any atom is -0.332 e. The van der Waals surface area contributed by atoms with Crippen molar-refractivity contribution in [3.8, 4) is 0 Å². The predicted octanol–water partition coefficient (Wildman–Crippen LogP) is 4.56. The number of nitrogens with one attached hydrogen (secondary N) is 2. The first-order valence-electron chi connectivity index (χ1n) is 6.38. The number of anilines is 2. The van der Waals surface area contributed by atoms with E-state index in [1.165, 1.54) is 11.6 Å². The van der Waals surface area contributed by atoms with Crippen LogP contribution in [0, 0.1) is 26.6 Å². The average molecular weight is 288 g/mol. The topological polar surface area (TPSA) is 24.1 Å². The van der Waals surface area contributed by atoms with Gasteiger partial charge in [0.1, 0.15) is 5.82 Å². The number of halogens is 1. The molecule has 0 saturated heterocycles. The first-order valence-corrected chi connectivity index (χ1v) is 6.78. The van der Waals surface area contributed by atoms with E-state index in [1.54, 1.807) is 19.1 Å². The summed E-state index contributed by atoms with van der Waals surface area (Å²) in [5.74, 6) is -0.219. The molecule has 0 saturated carbocycles. The smallest absolute Gasteiger partial charge is 0.175 e. The van der Waals surface area contributed by atoms with Crippen LogP contribution >= 0.6 is 12.2 Å². The summed E-state index contributed by atoms with van der Waals surface area (Å²) in [5.41, 5.74) is 4.69. The number of hydrogen-bond donors (Lipinski definition) is 2. The monoisotopic (exact) mass is 288 g/mol. The van der Waals surface area contributed by atoms with Gasteiger partial charge in [0.2, 0.25) is 0 Å². The molecule has 0 spiro atoms. The summed E-state index contributed by atoms with van der Waals surface area (Å²) in [5, 5.41) is 6.71. The molecule has 0 aromatic heterocycles. The van der Waals surface area contributed by atoms with Crippen molar-refractivity contribution in [1.82, 2.24) is 0 Å². The van der Waals surface area contributed by atoms with Crippen LogP contribution in [0.15, 0.2) is 36.4 Å². The summed E-state index contributed by atoms with van der Waals surface area (Å²) in [6.45, 7) is 5.82. The van der Waals surface area contributed by atoms with Crippen LogP contribution in [0.1, 0.15) is 16.7 Å². The van der Waals surface area contributed by atoms with Crippen molar-refractivity contribution in [2.45, 2.75) is 20.8 Å². The van der Waals surface area contributed by atoms with E-state index in [0.29, 0.717) is 10.7 Å². The molecule has 2 aromatic carbocycles. The van der Waals surface area contributed by atoms with Gasteiger partial charge < -0.3 is 10.6 Å². The van der Waals surface area contributed by atoms with Crippen molar-refractivity contribution in [3.05, 3.63) is 58.9 Å². The Morgan fingerprint density at radius 1 is 1.00 bits per heavy atom. The molecule has 2 rings (SSSR count). The lowest BCUT2D eigenvalue weighted by molar-refractivity contribution is 0.619. The molecule has 0 unspecified atom stereocenters. The van der Waals surface area contributed by atoms with Crippen LogP contribution < -0.4 is 10.6 Å². The number of thiocarbonyl (C=S) groups is 1. The van der Waals surface area contributed by atoms with Gasteiger partial charge >= 0.3 is 0 Å². The Labute approximate surface area is 124 Å². The third-order valence-electron chi connectivity index (χ3n) is 3.27. The Hall–Kier alpha value is -1.94. The summed E-state index contributed by atoms with van der Waals surface area (Å²) < 4.78 is 13.2. The molecule has 104 valence electrons. The summed E-state index contributed by atoms with van der Waals surface area (Å²) in [4.78, 5) is 0. The molecule has 0 fully saturated rings. The van der Waals surface area contributed by atoms with E-state index in [9.17, 15) is 4.39 Å². The molecular formula is C16H17FN2S. The van der Waals surface area contributed by atoms with Gasteiger partial charge in [-0.2, -0.15) is 0 Å². The lowest BCUT2D eigenvalue weighted by Gasteiger charge is -2.14. The van der Waals surface area contributed by atoms with Gasteiger partial charge in [-0.15, -0.1) is 0 Å². The molecule has 0 heterocycles. The summed E-state index contributed by atoms with van der Waals surface area (Å²) >= 11 is 5.28. The van der Waals surface area contributed by atoms with Crippen LogP contribution in [0.3, 0.4) is 0 Å². The van der Waals surface area contributed by atoms with E-state index in [-0.39, 0.29) is 5.82 Å². The number of benzene rings is 2. The average Bonchev–Trinajstić information content (AvgIpc) is 2.39. The van der Waals surface area contributed by atoms with Gasteiger partial charge in [-0.3, -0.25) is 0 Å². The third-order valence-corrected chi connectivity index (χ3v) is 3.47. The lowest BCUT2D eigenvalue weighted by Crippen LogP contribution is -2.19. The number of hydrogen-bond acceptors (Lipinski definition) is 1. The quantitative estimate of drug-likeness (QED) is 0.792. The van der Waals surface area contributed by atoms with E-state index in [2.05, 4.69) is 23.6 Å². The van der Waals surface area contributed by atoms with E-state index >= 15 is 0 Å². The second kappa shape index (κ2) is 6.01. The van der Waals surface area contributed by atoms with Crippen LogP contribution in [0.5, 0.6) is 0 Å². The molecule has 0 aliphatic heterocycles. The standard InChI is InChI=1S/C16H17FN2S/c1-10-5-4-6-15(12(10)3)19-16(20)18-13-7-8-14(17)11(2)9-13/h4-9H,1-3H3,(H2,18,19,20). The molecule has 2 N–H and O–H groups in total. The minimum absolute atomic E-state index is 0.219. The molecule has 0 atom stereocenters. The van der Waals surface area contributed by atoms with Crippen molar-refractivity contribution < 1.29 is 4.39 Å². The molecule has 4 heteroatoms. The first kappa shape index (κ1) is 14.5. The Bertz CT molecular complexity index is 653.